The average molecular weight is 283 g/mol. The number of amides is 2. The molecule has 1 N–H and O–H groups in total. The van der Waals surface area contributed by atoms with Gasteiger partial charge in [0.2, 0.25) is 0 Å². The Balaban J connectivity index is 0.00000162. The Labute approximate surface area is 126 Å². The Morgan fingerprint density at radius 2 is 2.22 bits per heavy atom. The van der Waals surface area contributed by atoms with Crippen molar-refractivity contribution in [2.24, 2.45) is 0 Å². The fourth-order valence-corrected chi connectivity index (χ4v) is 2.27. The van der Waals surface area contributed by atoms with Crippen molar-refractivity contribution in [3.05, 3.63) is 11.6 Å². The summed E-state index contributed by atoms with van der Waals surface area (Å²) in [7, 11) is -4.76. The molecule has 0 saturated carbocycles. The molecule has 2 bridgehead atoms. The van der Waals surface area contributed by atoms with Crippen LogP contribution in [-0.4, -0.2) is 77.2 Å². The zero-order valence-electron chi connectivity index (χ0n) is 8.77. The molecule has 2 aliphatic rings. The van der Waals surface area contributed by atoms with Gasteiger partial charge in [-0.25, -0.2) is 4.79 Å². The third-order valence-electron chi connectivity index (χ3n) is 2.68. The molecule has 2 aliphatic heterocycles. The zero-order chi connectivity index (χ0) is 12.8. The molecule has 1 saturated heterocycles. The first kappa shape index (κ1) is 15.4. The summed E-state index contributed by atoms with van der Waals surface area (Å²) in [4.78, 5) is 12.9. The summed E-state index contributed by atoms with van der Waals surface area (Å²) in [6.45, 7) is 1.82. The zero-order valence-corrected chi connectivity index (χ0v) is 9.59. The summed E-state index contributed by atoms with van der Waals surface area (Å²) in [5.74, 6) is 0. The van der Waals surface area contributed by atoms with Gasteiger partial charge >= 0.3 is 46.0 Å². The summed E-state index contributed by atoms with van der Waals surface area (Å²) in [5.41, 5.74) is 0.641. The topological polar surface area (TPSA) is 111 Å². The van der Waals surface area contributed by atoms with Gasteiger partial charge in [0.1, 0.15) is 12.1 Å². The van der Waals surface area contributed by atoms with Gasteiger partial charge in [-0.05, 0) is 18.6 Å². The number of hydrogen-bond acceptors (Lipinski definition) is 5. The van der Waals surface area contributed by atoms with Crippen LogP contribution in [0.4, 0.5) is 4.79 Å². The molecule has 0 aliphatic carbocycles. The molecule has 8 nitrogen and oxygen atoms in total. The Hall–Kier alpha value is -0.630. The Morgan fingerprint density at radius 1 is 1.61 bits per heavy atom. The molecule has 94 valence electrons. The van der Waals surface area contributed by atoms with E-state index in [-0.39, 0.29) is 36.1 Å². The van der Waals surface area contributed by atoms with Gasteiger partial charge in [0.05, 0.1) is 12.6 Å². The Bertz CT molecular complexity index is 539. The van der Waals surface area contributed by atoms with Gasteiger partial charge in [0.15, 0.2) is 0 Å². The summed E-state index contributed by atoms with van der Waals surface area (Å²) in [5, 5.41) is 9.42. The van der Waals surface area contributed by atoms with Crippen molar-refractivity contribution in [1.82, 2.24) is 9.96 Å². The molecular formula is C8H10N3NaO5S. The second kappa shape index (κ2) is 5.16. The molecule has 2 heterocycles. The van der Waals surface area contributed by atoms with Gasteiger partial charge in [-0.15, -0.1) is 4.28 Å². The first-order valence-corrected chi connectivity index (χ1v) is 6.05. The number of fused-ring (bicyclic) bond motifs is 2. The van der Waals surface area contributed by atoms with E-state index in [1.807, 2.05) is 6.07 Å². The number of urea groups is 1. The summed E-state index contributed by atoms with van der Waals surface area (Å²) in [6, 6.07) is -0.191. The second-order valence-corrected chi connectivity index (χ2v) is 4.77. The first-order valence-electron chi connectivity index (χ1n) is 4.68. The van der Waals surface area contributed by atoms with Gasteiger partial charge in [0.25, 0.3) is 0 Å². The van der Waals surface area contributed by atoms with Crippen molar-refractivity contribution < 1.29 is 22.0 Å². The molecule has 10 heteroatoms. The summed E-state index contributed by atoms with van der Waals surface area (Å²) in [6.07, 6.45) is 1.55. The monoisotopic (exact) mass is 283 g/mol. The molecule has 0 aromatic rings. The Kier molecular flexibility index (Phi) is 4.42. The Morgan fingerprint density at radius 3 is 2.72 bits per heavy atom. The minimum absolute atomic E-state index is 0. The fraction of sp³-hybridized carbons (Fsp3) is 0.500. The predicted molar refractivity (Wildman–Crippen MR) is 60.7 cm³/mol. The molecule has 0 unspecified atom stereocenters. The maximum atomic E-state index is 11.7. The van der Waals surface area contributed by atoms with Crippen LogP contribution in [-0.2, 0) is 14.7 Å². The van der Waals surface area contributed by atoms with Crippen LogP contribution in [0.1, 0.15) is 6.92 Å². The quantitative estimate of drug-likeness (QED) is 0.396. The predicted octanol–water partition coefficient (Wildman–Crippen LogP) is -0.969. The number of hydroxylamine groups is 2. The van der Waals surface area contributed by atoms with Gasteiger partial charge in [-0.1, -0.05) is 0 Å². The van der Waals surface area contributed by atoms with Crippen LogP contribution in [0.2, 0.25) is 0 Å². The number of rotatable bonds is 2. The molecule has 0 spiro atoms. The van der Waals surface area contributed by atoms with Crippen molar-refractivity contribution in [2.75, 3.05) is 6.54 Å². The normalized spacial score (nSPS) is 26.5. The molecule has 2 rings (SSSR count). The third-order valence-corrected chi connectivity index (χ3v) is 3.02. The van der Waals surface area contributed by atoms with E-state index in [0.29, 0.717) is 10.6 Å². The van der Waals surface area contributed by atoms with Crippen LogP contribution >= 0.6 is 0 Å². The molecule has 0 aromatic carbocycles. The number of carbonyl (C=O) groups excluding carboxylic acids is 1. The second-order valence-electron chi connectivity index (χ2n) is 3.76. The van der Waals surface area contributed by atoms with Crippen LogP contribution in [0, 0.1) is 11.3 Å². The van der Waals surface area contributed by atoms with Gasteiger partial charge in [-0.2, -0.15) is 18.7 Å². The van der Waals surface area contributed by atoms with E-state index < -0.39 is 28.5 Å². The first-order chi connectivity index (χ1) is 7.83. The van der Waals surface area contributed by atoms with Gasteiger partial charge in [-0.3, -0.25) is 4.55 Å². The molecule has 0 aromatic heterocycles. The van der Waals surface area contributed by atoms with Crippen molar-refractivity contribution in [2.45, 2.75) is 19.0 Å². The van der Waals surface area contributed by atoms with Crippen LogP contribution in [0.15, 0.2) is 11.6 Å². The van der Waals surface area contributed by atoms with Crippen molar-refractivity contribution in [3.63, 3.8) is 0 Å². The molecular weight excluding hydrogens is 273 g/mol. The molecule has 18 heavy (non-hydrogen) atoms. The van der Waals surface area contributed by atoms with Crippen LogP contribution in [0.3, 0.4) is 0 Å². The van der Waals surface area contributed by atoms with Crippen LogP contribution in [0.5, 0.6) is 0 Å². The third kappa shape index (κ3) is 2.69. The SMILES string of the molecule is CC1=C[C@@H](C#N)N2C[C@@H]1N(OS(=O)(=O)O)C2=O.[NaH]. The van der Waals surface area contributed by atoms with Crippen molar-refractivity contribution >= 4 is 46.0 Å². The summed E-state index contributed by atoms with van der Waals surface area (Å²) < 4.78 is 34.0. The maximum absolute atomic E-state index is 11.7. The molecule has 2 atom stereocenters. The van der Waals surface area contributed by atoms with E-state index in [9.17, 15) is 13.2 Å². The molecule has 0 radical (unpaired) electrons. The van der Waals surface area contributed by atoms with E-state index in [1.54, 1.807) is 13.0 Å². The van der Waals surface area contributed by atoms with Crippen molar-refractivity contribution in [3.8, 4) is 6.07 Å². The van der Waals surface area contributed by atoms with Gasteiger partial charge < -0.3 is 4.90 Å². The van der Waals surface area contributed by atoms with Crippen LogP contribution < -0.4 is 0 Å². The fourth-order valence-electron chi connectivity index (χ4n) is 1.90. The van der Waals surface area contributed by atoms with Gasteiger partial charge in [0, 0.05) is 0 Å². The van der Waals surface area contributed by atoms with E-state index in [2.05, 4.69) is 4.28 Å². The van der Waals surface area contributed by atoms with E-state index in [4.69, 9.17) is 9.81 Å². The van der Waals surface area contributed by atoms with E-state index in [0.717, 1.165) is 0 Å². The average Bonchev–Trinajstić information content (AvgIpc) is 2.48. The van der Waals surface area contributed by atoms with E-state index >= 15 is 0 Å². The van der Waals surface area contributed by atoms with Crippen molar-refractivity contribution in [1.29, 1.82) is 5.26 Å². The number of hydrogen-bond donors (Lipinski definition) is 1. The summed E-state index contributed by atoms with van der Waals surface area (Å²) >= 11 is 0. The molecule has 2 amide bonds. The van der Waals surface area contributed by atoms with E-state index in [1.165, 1.54) is 4.90 Å². The number of nitriles is 1. The minimum atomic E-state index is -4.76. The molecule has 1 fully saturated rings. The van der Waals surface area contributed by atoms with Crippen LogP contribution in [0.25, 0.3) is 0 Å². The number of nitrogens with zero attached hydrogens (tertiary/aromatic N) is 3. The standard InChI is InChI=1S/C8H9N3O5S.Na.H/c1-5-2-6(3-9)10-4-7(5)11(8(10)12)16-17(13,14)15;;/h2,6-7H,4H2,1H3,(H,13,14,15);;/t6-,7-;;/m0../s1. The number of carbonyl (C=O) groups is 1.